The van der Waals surface area contributed by atoms with Gasteiger partial charge < -0.3 is 5.32 Å². The molecule has 1 atom stereocenters. The van der Waals surface area contributed by atoms with Gasteiger partial charge in [0.05, 0.1) is 0 Å². The van der Waals surface area contributed by atoms with Crippen molar-refractivity contribution in [1.82, 2.24) is 10.6 Å². The molecule has 0 bridgehead atoms. The number of guanidine groups is 1. The lowest BCUT2D eigenvalue weighted by molar-refractivity contribution is -0.120. The maximum Gasteiger partial charge on any atom is 0.254 e. The summed E-state index contributed by atoms with van der Waals surface area (Å²) in [6.07, 6.45) is 0.969. The first kappa shape index (κ1) is 11.6. The van der Waals surface area contributed by atoms with E-state index in [-0.39, 0.29) is 11.9 Å². The normalized spacial score (nSPS) is 22.2. The number of hydrogen-bond donors (Lipinski definition) is 2. The van der Waals surface area contributed by atoms with Gasteiger partial charge in [-0.25, -0.2) is 0 Å². The van der Waals surface area contributed by atoms with Gasteiger partial charge in [0.25, 0.3) is 5.91 Å². The summed E-state index contributed by atoms with van der Waals surface area (Å²) in [6, 6.07) is 1.65. The third-order valence-electron chi connectivity index (χ3n) is 2.15. The largest absolute Gasteiger partial charge is 0.340 e. The topological polar surface area (TPSA) is 53.5 Å². The zero-order chi connectivity index (χ0) is 11.5. The van der Waals surface area contributed by atoms with E-state index in [9.17, 15) is 4.79 Å². The highest BCUT2D eigenvalue weighted by Gasteiger charge is 2.30. The van der Waals surface area contributed by atoms with Crippen LogP contribution in [0.3, 0.4) is 0 Å². The summed E-state index contributed by atoms with van der Waals surface area (Å²) < 4.78 is 1.00. The third kappa shape index (κ3) is 2.44. The number of halogens is 1. The Morgan fingerprint density at radius 1 is 1.62 bits per heavy atom. The lowest BCUT2D eigenvalue weighted by Gasteiger charge is -2.03. The molecule has 0 radical (unpaired) electrons. The van der Waals surface area contributed by atoms with E-state index in [1.54, 1.807) is 11.3 Å². The molecule has 1 amide bonds. The van der Waals surface area contributed by atoms with Crippen LogP contribution in [-0.4, -0.2) is 18.4 Å². The molecule has 0 aliphatic carbocycles. The van der Waals surface area contributed by atoms with Crippen LogP contribution in [0.2, 0.25) is 0 Å². The molecule has 2 N–H and O–H groups in total. The number of hydrogen-bond acceptors (Lipinski definition) is 3. The van der Waals surface area contributed by atoms with E-state index < -0.39 is 0 Å². The highest BCUT2D eigenvalue weighted by Crippen LogP contribution is 2.27. The minimum absolute atomic E-state index is 0.0378. The summed E-state index contributed by atoms with van der Waals surface area (Å²) in [7, 11) is 0. The summed E-state index contributed by atoms with van der Waals surface area (Å²) in [5.74, 6) is 0.547. The summed E-state index contributed by atoms with van der Waals surface area (Å²) in [5, 5.41) is 7.79. The van der Waals surface area contributed by atoms with Crippen molar-refractivity contribution in [3.63, 3.8) is 0 Å². The van der Waals surface area contributed by atoms with E-state index in [1.165, 1.54) is 0 Å². The summed E-state index contributed by atoms with van der Waals surface area (Å²) in [5.41, 5.74) is 0. The second kappa shape index (κ2) is 4.97. The number of aliphatic imine (C=N–C) groups is 1. The number of rotatable bonds is 3. The molecular weight excluding hydrogens is 290 g/mol. The lowest BCUT2D eigenvalue weighted by Crippen LogP contribution is -2.25. The van der Waals surface area contributed by atoms with Crippen molar-refractivity contribution in [2.24, 2.45) is 4.99 Å². The zero-order valence-corrected chi connectivity index (χ0v) is 11.2. The molecule has 1 aliphatic heterocycles. The maximum absolute atomic E-state index is 11.7. The Hall–Kier alpha value is -0.880. The standard InChI is InChI=1S/C10H12BrN3OS/c1-2-3-12-10-13-8(9(15)14-10)7-4-6(11)5-16-7/h4-5,8H,2-3H2,1H3,(H2,12,13,14,15). The van der Waals surface area contributed by atoms with Crippen LogP contribution in [0.4, 0.5) is 0 Å². The molecule has 1 aliphatic rings. The predicted molar refractivity (Wildman–Crippen MR) is 68.6 cm³/mol. The lowest BCUT2D eigenvalue weighted by atomic mass is 10.2. The van der Waals surface area contributed by atoms with Crippen LogP contribution in [0, 0.1) is 0 Å². The highest BCUT2D eigenvalue weighted by molar-refractivity contribution is 9.10. The van der Waals surface area contributed by atoms with Crippen LogP contribution in [-0.2, 0) is 4.79 Å². The quantitative estimate of drug-likeness (QED) is 0.898. The van der Waals surface area contributed by atoms with Gasteiger partial charge in [0.15, 0.2) is 5.96 Å². The molecule has 4 nitrogen and oxygen atoms in total. The number of thiophene rings is 1. The van der Waals surface area contributed by atoms with Crippen molar-refractivity contribution < 1.29 is 4.79 Å². The van der Waals surface area contributed by atoms with Gasteiger partial charge >= 0.3 is 0 Å². The minimum atomic E-state index is -0.299. The number of nitrogens with one attached hydrogen (secondary N) is 2. The minimum Gasteiger partial charge on any atom is -0.340 e. The van der Waals surface area contributed by atoms with Gasteiger partial charge in [-0.1, -0.05) is 6.92 Å². The molecule has 0 saturated carbocycles. The fraction of sp³-hybridized carbons (Fsp3) is 0.400. The average molecular weight is 302 g/mol. The molecule has 1 saturated heterocycles. The van der Waals surface area contributed by atoms with Crippen molar-refractivity contribution in [2.75, 3.05) is 6.54 Å². The van der Waals surface area contributed by atoms with E-state index in [1.807, 2.05) is 11.4 Å². The Bertz CT molecular complexity index is 429. The fourth-order valence-corrected chi connectivity index (χ4v) is 2.91. The van der Waals surface area contributed by atoms with E-state index in [0.717, 1.165) is 22.3 Å². The summed E-state index contributed by atoms with van der Waals surface area (Å²) >= 11 is 4.93. The number of carbonyl (C=O) groups excluding carboxylic acids is 1. The molecule has 1 aromatic rings. The Balaban J connectivity index is 2.11. The molecule has 1 fully saturated rings. The number of nitrogens with zero attached hydrogens (tertiary/aromatic N) is 1. The molecule has 0 spiro atoms. The molecule has 2 heterocycles. The van der Waals surface area contributed by atoms with Gasteiger partial charge in [0, 0.05) is 21.3 Å². The van der Waals surface area contributed by atoms with Crippen LogP contribution in [0.5, 0.6) is 0 Å². The van der Waals surface area contributed by atoms with Crippen LogP contribution in [0.1, 0.15) is 24.3 Å². The Morgan fingerprint density at radius 3 is 3.06 bits per heavy atom. The molecule has 0 aromatic carbocycles. The Kier molecular flexibility index (Phi) is 3.60. The van der Waals surface area contributed by atoms with Gasteiger partial charge in [-0.05, 0) is 28.4 Å². The average Bonchev–Trinajstić information content (AvgIpc) is 2.82. The monoisotopic (exact) mass is 301 g/mol. The van der Waals surface area contributed by atoms with Gasteiger partial charge in [0.1, 0.15) is 6.04 Å². The van der Waals surface area contributed by atoms with Crippen LogP contribution >= 0.6 is 27.3 Å². The first-order valence-electron chi connectivity index (χ1n) is 5.06. The first-order chi connectivity index (χ1) is 7.70. The molecular formula is C10H12BrN3OS. The van der Waals surface area contributed by atoms with Crippen molar-refractivity contribution in [1.29, 1.82) is 0 Å². The van der Waals surface area contributed by atoms with E-state index in [2.05, 4.69) is 38.5 Å². The Morgan fingerprint density at radius 2 is 2.44 bits per heavy atom. The molecule has 1 aromatic heterocycles. The first-order valence-corrected chi connectivity index (χ1v) is 6.73. The SMILES string of the molecule is CCCN=C1NC(=O)C(c2cc(Br)cs2)N1. The van der Waals surface area contributed by atoms with Crippen molar-refractivity contribution >= 4 is 39.1 Å². The van der Waals surface area contributed by atoms with Gasteiger partial charge in [0.2, 0.25) is 0 Å². The van der Waals surface area contributed by atoms with E-state index in [4.69, 9.17) is 0 Å². The van der Waals surface area contributed by atoms with E-state index in [0.29, 0.717) is 5.96 Å². The highest BCUT2D eigenvalue weighted by atomic mass is 79.9. The fourth-order valence-electron chi connectivity index (χ4n) is 1.42. The van der Waals surface area contributed by atoms with Gasteiger partial charge in [-0.15, -0.1) is 11.3 Å². The smallest absolute Gasteiger partial charge is 0.254 e. The molecule has 1 unspecified atom stereocenters. The number of amides is 1. The van der Waals surface area contributed by atoms with Crippen LogP contribution in [0.15, 0.2) is 20.9 Å². The predicted octanol–water partition coefficient (Wildman–Crippen LogP) is 2.04. The van der Waals surface area contributed by atoms with Gasteiger partial charge in [-0.3, -0.25) is 15.1 Å². The van der Waals surface area contributed by atoms with Crippen LogP contribution in [0.25, 0.3) is 0 Å². The summed E-state index contributed by atoms with van der Waals surface area (Å²) in [6.45, 7) is 2.78. The van der Waals surface area contributed by atoms with Gasteiger partial charge in [-0.2, -0.15) is 0 Å². The number of carbonyl (C=O) groups is 1. The molecule has 2 rings (SSSR count). The second-order valence-corrected chi connectivity index (χ2v) is 5.32. The van der Waals surface area contributed by atoms with Crippen molar-refractivity contribution in [3.8, 4) is 0 Å². The second-order valence-electron chi connectivity index (χ2n) is 3.46. The molecule has 86 valence electrons. The third-order valence-corrected chi connectivity index (χ3v) is 3.91. The van der Waals surface area contributed by atoms with Crippen molar-refractivity contribution in [2.45, 2.75) is 19.4 Å². The molecule has 16 heavy (non-hydrogen) atoms. The van der Waals surface area contributed by atoms with Crippen LogP contribution < -0.4 is 10.6 Å². The maximum atomic E-state index is 11.7. The van der Waals surface area contributed by atoms with Crippen molar-refractivity contribution in [3.05, 3.63) is 20.8 Å². The Labute approximate surface area is 106 Å². The zero-order valence-electron chi connectivity index (χ0n) is 8.79. The van der Waals surface area contributed by atoms with E-state index >= 15 is 0 Å². The summed E-state index contributed by atoms with van der Waals surface area (Å²) in [4.78, 5) is 16.9. The molecule has 6 heteroatoms.